The summed E-state index contributed by atoms with van der Waals surface area (Å²) in [5.74, 6) is 5.19. The van der Waals surface area contributed by atoms with Gasteiger partial charge in [0.05, 0.1) is 6.54 Å². The number of benzene rings is 1. The highest BCUT2D eigenvalue weighted by molar-refractivity contribution is 7.11. The Kier molecular flexibility index (Phi) is 5.50. The lowest BCUT2D eigenvalue weighted by atomic mass is 10.1. The topological polar surface area (TPSA) is 62.2 Å². The molecule has 0 radical (unpaired) electrons. The SMILES string of the molecule is CCc1cnc(CNC(=O)c2cccc(C#CCO)c2)s1. The van der Waals surface area contributed by atoms with Crippen molar-refractivity contribution in [1.29, 1.82) is 0 Å². The van der Waals surface area contributed by atoms with Gasteiger partial charge in [-0.05, 0) is 24.6 Å². The van der Waals surface area contributed by atoms with Crippen molar-refractivity contribution < 1.29 is 9.90 Å². The number of carbonyl (C=O) groups excluding carboxylic acids is 1. The third-order valence-electron chi connectivity index (χ3n) is 2.79. The Labute approximate surface area is 127 Å². The zero-order chi connectivity index (χ0) is 15.1. The number of hydrogen-bond donors (Lipinski definition) is 2. The van der Waals surface area contributed by atoms with Gasteiger partial charge >= 0.3 is 0 Å². The van der Waals surface area contributed by atoms with Crippen LogP contribution in [0.5, 0.6) is 0 Å². The summed E-state index contributed by atoms with van der Waals surface area (Å²) in [5.41, 5.74) is 1.26. The third kappa shape index (κ3) is 4.42. The normalized spacial score (nSPS) is 9.81. The van der Waals surface area contributed by atoms with Crippen LogP contribution in [0.4, 0.5) is 0 Å². The maximum atomic E-state index is 12.1. The molecule has 0 atom stereocenters. The van der Waals surface area contributed by atoms with E-state index in [-0.39, 0.29) is 12.5 Å². The molecule has 1 aromatic carbocycles. The number of rotatable bonds is 4. The van der Waals surface area contributed by atoms with E-state index in [4.69, 9.17) is 5.11 Å². The van der Waals surface area contributed by atoms with E-state index in [9.17, 15) is 4.79 Å². The predicted octanol–water partition coefficient (Wildman–Crippen LogP) is 1.98. The number of carbonyl (C=O) groups is 1. The highest BCUT2D eigenvalue weighted by atomic mass is 32.1. The van der Waals surface area contributed by atoms with Gasteiger partial charge in [0.25, 0.3) is 5.91 Å². The van der Waals surface area contributed by atoms with E-state index in [1.165, 1.54) is 4.88 Å². The molecule has 108 valence electrons. The van der Waals surface area contributed by atoms with Crippen molar-refractivity contribution in [1.82, 2.24) is 10.3 Å². The van der Waals surface area contributed by atoms with Crippen LogP contribution in [0, 0.1) is 11.8 Å². The second kappa shape index (κ2) is 7.58. The van der Waals surface area contributed by atoms with Crippen molar-refractivity contribution in [2.24, 2.45) is 0 Å². The molecule has 2 N–H and O–H groups in total. The molecule has 2 rings (SSSR count). The summed E-state index contributed by atoms with van der Waals surface area (Å²) in [4.78, 5) is 17.6. The van der Waals surface area contributed by atoms with Crippen molar-refractivity contribution in [3.05, 3.63) is 51.5 Å². The standard InChI is InChI=1S/C16H16N2O2S/c1-2-14-10-17-15(21-14)11-18-16(20)13-7-3-5-12(9-13)6-4-8-19/h3,5,7,9-10,19H,2,8,11H2,1H3,(H,18,20). The van der Waals surface area contributed by atoms with Crippen LogP contribution < -0.4 is 5.32 Å². The molecule has 1 amide bonds. The highest BCUT2D eigenvalue weighted by Crippen LogP contribution is 2.13. The quantitative estimate of drug-likeness (QED) is 0.849. The number of aromatic nitrogens is 1. The Balaban J connectivity index is 1.99. The Morgan fingerprint density at radius 3 is 3.05 bits per heavy atom. The Morgan fingerprint density at radius 1 is 1.48 bits per heavy atom. The van der Waals surface area contributed by atoms with Crippen molar-refractivity contribution in [2.75, 3.05) is 6.61 Å². The van der Waals surface area contributed by atoms with Gasteiger partial charge in [0.15, 0.2) is 0 Å². The van der Waals surface area contributed by atoms with E-state index >= 15 is 0 Å². The first-order chi connectivity index (χ1) is 10.2. The average molecular weight is 300 g/mol. The minimum absolute atomic E-state index is 0.157. The van der Waals surface area contributed by atoms with Crippen molar-refractivity contribution in [2.45, 2.75) is 19.9 Å². The number of aryl methyl sites for hydroxylation is 1. The number of amides is 1. The predicted molar refractivity (Wildman–Crippen MR) is 83.1 cm³/mol. The molecule has 0 bridgehead atoms. The van der Waals surface area contributed by atoms with Crippen molar-refractivity contribution in [3.8, 4) is 11.8 Å². The van der Waals surface area contributed by atoms with Gasteiger partial charge in [0.1, 0.15) is 11.6 Å². The maximum absolute atomic E-state index is 12.1. The number of aliphatic hydroxyl groups excluding tert-OH is 1. The number of nitrogens with zero attached hydrogens (tertiary/aromatic N) is 1. The summed E-state index contributed by atoms with van der Waals surface area (Å²) in [6.45, 7) is 2.31. The molecule has 4 nitrogen and oxygen atoms in total. The molecular formula is C16H16N2O2S. The van der Waals surface area contributed by atoms with E-state index in [0.29, 0.717) is 17.7 Å². The zero-order valence-corrected chi connectivity index (χ0v) is 12.5. The van der Waals surface area contributed by atoms with Crippen LogP contribution >= 0.6 is 11.3 Å². The van der Waals surface area contributed by atoms with E-state index in [1.807, 2.05) is 6.20 Å². The molecule has 0 unspecified atom stereocenters. The summed E-state index contributed by atoms with van der Waals surface area (Å²) in [6.07, 6.45) is 2.80. The molecule has 21 heavy (non-hydrogen) atoms. The van der Waals surface area contributed by atoms with Crippen molar-refractivity contribution in [3.63, 3.8) is 0 Å². The zero-order valence-electron chi connectivity index (χ0n) is 11.7. The molecule has 0 saturated carbocycles. The average Bonchev–Trinajstić information content (AvgIpc) is 2.99. The van der Waals surface area contributed by atoms with Crippen LogP contribution in [-0.2, 0) is 13.0 Å². The highest BCUT2D eigenvalue weighted by Gasteiger charge is 2.07. The Bertz CT molecular complexity index is 683. The maximum Gasteiger partial charge on any atom is 0.251 e. The van der Waals surface area contributed by atoms with E-state index in [0.717, 1.165) is 11.4 Å². The van der Waals surface area contributed by atoms with Crippen molar-refractivity contribution >= 4 is 17.2 Å². The van der Waals surface area contributed by atoms with Gasteiger partial charge in [-0.2, -0.15) is 0 Å². The van der Waals surface area contributed by atoms with E-state index in [2.05, 4.69) is 29.1 Å². The van der Waals surface area contributed by atoms with Gasteiger partial charge in [-0.3, -0.25) is 4.79 Å². The minimum atomic E-state index is -0.194. The van der Waals surface area contributed by atoms with Gasteiger partial charge in [-0.15, -0.1) is 11.3 Å². The molecular weight excluding hydrogens is 284 g/mol. The molecule has 0 aliphatic carbocycles. The Hall–Kier alpha value is -2.16. The molecule has 0 saturated heterocycles. The molecule has 1 aromatic heterocycles. The summed E-state index contributed by atoms with van der Waals surface area (Å²) in [5, 5.41) is 12.4. The smallest absolute Gasteiger partial charge is 0.251 e. The molecule has 0 spiro atoms. The first-order valence-electron chi connectivity index (χ1n) is 6.64. The second-order valence-corrected chi connectivity index (χ2v) is 5.50. The van der Waals surface area contributed by atoms with Gasteiger partial charge in [0.2, 0.25) is 0 Å². The summed E-state index contributed by atoms with van der Waals surface area (Å²) in [6, 6.07) is 7.01. The van der Waals surface area contributed by atoms with Crippen LogP contribution in [0.2, 0.25) is 0 Å². The van der Waals surface area contributed by atoms with Gasteiger partial charge in [-0.25, -0.2) is 4.98 Å². The molecule has 2 aromatic rings. The fourth-order valence-electron chi connectivity index (χ4n) is 1.73. The second-order valence-electron chi connectivity index (χ2n) is 4.30. The fraction of sp³-hybridized carbons (Fsp3) is 0.250. The van der Waals surface area contributed by atoms with E-state index < -0.39 is 0 Å². The lowest BCUT2D eigenvalue weighted by molar-refractivity contribution is 0.0951. The molecule has 5 heteroatoms. The summed E-state index contributed by atoms with van der Waals surface area (Å²) in [7, 11) is 0. The number of aliphatic hydroxyl groups is 1. The van der Waals surface area contributed by atoms with Gasteiger partial charge in [0, 0.05) is 22.2 Å². The lowest BCUT2D eigenvalue weighted by Crippen LogP contribution is -2.22. The van der Waals surface area contributed by atoms with Gasteiger partial charge in [-0.1, -0.05) is 24.8 Å². The largest absolute Gasteiger partial charge is 0.384 e. The van der Waals surface area contributed by atoms with E-state index in [1.54, 1.807) is 35.6 Å². The molecule has 0 aliphatic rings. The molecule has 0 fully saturated rings. The molecule has 0 aliphatic heterocycles. The lowest BCUT2D eigenvalue weighted by Gasteiger charge is -2.03. The number of nitrogens with one attached hydrogen (secondary N) is 1. The molecule has 1 heterocycles. The third-order valence-corrected chi connectivity index (χ3v) is 3.93. The van der Waals surface area contributed by atoms with Gasteiger partial charge < -0.3 is 10.4 Å². The van der Waals surface area contributed by atoms with Crippen LogP contribution in [0.25, 0.3) is 0 Å². The first kappa shape index (κ1) is 15.2. The van der Waals surface area contributed by atoms with Crippen LogP contribution in [0.3, 0.4) is 0 Å². The van der Waals surface area contributed by atoms with Crippen LogP contribution in [0.15, 0.2) is 30.5 Å². The fourth-order valence-corrected chi connectivity index (χ4v) is 2.53. The summed E-state index contributed by atoms with van der Waals surface area (Å²) < 4.78 is 0. The van der Waals surface area contributed by atoms with Crippen LogP contribution in [0.1, 0.15) is 32.7 Å². The summed E-state index contributed by atoms with van der Waals surface area (Å²) >= 11 is 1.61. The number of thiazole rings is 1. The minimum Gasteiger partial charge on any atom is -0.384 e. The van der Waals surface area contributed by atoms with Crippen LogP contribution in [-0.4, -0.2) is 22.6 Å². The monoisotopic (exact) mass is 300 g/mol. The first-order valence-corrected chi connectivity index (χ1v) is 7.46. The number of hydrogen-bond acceptors (Lipinski definition) is 4. The Morgan fingerprint density at radius 2 is 2.33 bits per heavy atom.